The van der Waals surface area contributed by atoms with E-state index in [4.69, 9.17) is 5.73 Å². The highest BCUT2D eigenvalue weighted by Gasteiger charge is 2.04. The highest BCUT2D eigenvalue weighted by Crippen LogP contribution is 2.16. The van der Waals surface area contributed by atoms with Gasteiger partial charge in [0.15, 0.2) is 0 Å². The molecule has 0 fully saturated rings. The molecule has 2 nitrogen and oxygen atoms in total. The van der Waals surface area contributed by atoms with Crippen molar-refractivity contribution in [2.75, 3.05) is 23.7 Å². The smallest absolute Gasteiger partial charge is 0.0366 e. The monoisotopic (exact) mass is 254 g/mol. The Kier molecular flexibility index (Phi) is 4.85. The average molecular weight is 254 g/mol. The zero-order valence-electron chi connectivity index (χ0n) is 11.5. The summed E-state index contributed by atoms with van der Waals surface area (Å²) in [4.78, 5) is 2.40. The van der Waals surface area contributed by atoms with E-state index in [-0.39, 0.29) is 0 Å². The van der Waals surface area contributed by atoms with Gasteiger partial charge in [0.25, 0.3) is 0 Å². The molecule has 2 heteroatoms. The minimum atomic E-state index is 0.908. The number of aryl methyl sites for hydroxylation is 1. The summed E-state index contributed by atoms with van der Waals surface area (Å²) in [6.07, 6.45) is 2.16. The Morgan fingerprint density at radius 3 is 2.32 bits per heavy atom. The van der Waals surface area contributed by atoms with Gasteiger partial charge in [-0.25, -0.2) is 0 Å². The highest BCUT2D eigenvalue weighted by molar-refractivity contribution is 5.47. The zero-order valence-corrected chi connectivity index (χ0v) is 11.5. The van der Waals surface area contributed by atoms with Crippen LogP contribution in [0, 0.1) is 0 Å². The largest absolute Gasteiger partial charge is 0.399 e. The normalized spacial score (nSPS) is 10.4. The van der Waals surface area contributed by atoms with Crippen molar-refractivity contribution in [3.63, 3.8) is 0 Å². The van der Waals surface area contributed by atoms with E-state index in [1.165, 1.54) is 11.3 Å². The molecule has 0 heterocycles. The van der Waals surface area contributed by atoms with Crippen LogP contribution in [0.5, 0.6) is 0 Å². The highest BCUT2D eigenvalue weighted by atomic mass is 15.1. The summed E-state index contributed by atoms with van der Waals surface area (Å²) in [7, 11) is 0. The lowest BCUT2D eigenvalue weighted by molar-refractivity contribution is 0.747. The molecule has 0 radical (unpaired) electrons. The second kappa shape index (κ2) is 6.83. The molecule has 0 bridgehead atoms. The van der Waals surface area contributed by atoms with Gasteiger partial charge in [-0.05, 0) is 43.5 Å². The summed E-state index contributed by atoms with van der Waals surface area (Å²) in [5.41, 5.74) is 9.43. The molecule has 2 N–H and O–H groups in total. The number of hydrogen-bond donors (Lipinski definition) is 1. The Hall–Kier alpha value is -1.96. The van der Waals surface area contributed by atoms with Crippen molar-refractivity contribution in [2.24, 2.45) is 0 Å². The molecule has 2 rings (SSSR count). The minimum absolute atomic E-state index is 0.908. The molecular formula is C17H22N2. The molecule has 0 saturated heterocycles. The number of benzene rings is 2. The summed E-state index contributed by atoms with van der Waals surface area (Å²) >= 11 is 0. The molecule has 2 aromatic rings. The van der Waals surface area contributed by atoms with Crippen LogP contribution in [-0.4, -0.2) is 13.1 Å². The molecule has 0 saturated carbocycles. The van der Waals surface area contributed by atoms with E-state index in [1.54, 1.807) is 0 Å². The van der Waals surface area contributed by atoms with Gasteiger partial charge in [-0.3, -0.25) is 0 Å². The second-order valence-electron chi connectivity index (χ2n) is 4.72. The van der Waals surface area contributed by atoms with E-state index in [9.17, 15) is 0 Å². The molecule has 0 aliphatic heterocycles. The SMILES string of the molecule is CCN(CCCc1ccccc1N)c1ccccc1. The number of hydrogen-bond acceptors (Lipinski definition) is 2. The van der Waals surface area contributed by atoms with E-state index in [1.807, 2.05) is 12.1 Å². The van der Waals surface area contributed by atoms with E-state index >= 15 is 0 Å². The van der Waals surface area contributed by atoms with Crippen LogP contribution in [0.1, 0.15) is 18.9 Å². The van der Waals surface area contributed by atoms with Crippen LogP contribution < -0.4 is 10.6 Å². The topological polar surface area (TPSA) is 29.3 Å². The Labute approximate surface area is 115 Å². The van der Waals surface area contributed by atoms with Crippen molar-refractivity contribution >= 4 is 11.4 Å². The molecular weight excluding hydrogens is 232 g/mol. The van der Waals surface area contributed by atoms with Gasteiger partial charge in [0.2, 0.25) is 0 Å². The predicted molar refractivity (Wildman–Crippen MR) is 83.5 cm³/mol. The second-order valence-corrected chi connectivity index (χ2v) is 4.72. The third-order valence-electron chi connectivity index (χ3n) is 3.43. The van der Waals surface area contributed by atoms with Gasteiger partial charge in [0.05, 0.1) is 0 Å². The van der Waals surface area contributed by atoms with Gasteiger partial charge < -0.3 is 10.6 Å². The van der Waals surface area contributed by atoms with Gasteiger partial charge in [-0.15, -0.1) is 0 Å². The Morgan fingerprint density at radius 2 is 1.63 bits per heavy atom. The molecule has 0 aliphatic carbocycles. The average Bonchev–Trinajstić information content (AvgIpc) is 2.46. The maximum atomic E-state index is 5.97. The van der Waals surface area contributed by atoms with Crippen molar-refractivity contribution in [2.45, 2.75) is 19.8 Å². The Morgan fingerprint density at radius 1 is 0.947 bits per heavy atom. The number of nitrogen functional groups attached to an aromatic ring is 1. The fourth-order valence-electron chi connectivity index (χ4n) is 2.33. The van der Waals surface area contributed by atoms with Crippen LogP contribution >= 0.6 is 0 Å². The first-order valence-corrected chi connectivity index (χ1v) is 6.94. The summed E-state index contributed by atoms with van der Waals surface area (Å²) in [5.74, 6) is 0. The number of rotatable bonds is 6. The van der Waals surface area contributed by atoms with Crippen molar-refractivity contribution in [1.82, 2.24) is 0 Å². The number of anilines is 2. The molecule has 0 spiro atoms. The molecule has 0 aliphatic rings. The van der Waals surface area contributed by atoms with E-state index in [0.29, 0.717) is 0 Å². The lowest BCUT2D eigenvalue weighted by Gasteiger charge is -2.23. The molecule has 100 valence electrons. The summed E-state index contributed by atoms with van der Waals surface area (Å²) in [5, 5.41) is 0. The summed E-state index contributed by atoms with van der Waals surface area (Å²) in [6.45, 7) is 4.30. The number of para-hydroxylation sites is 2. The Bertz CT molecular complexity index is 494. The molecule has 0 aromatic heterocycles. The molecule has 0 unspecified atom stereocenters. The van der Waals surface area contributed by atoms with Crippen LogP contribution in [0.25, 0.3) is 0 Å². The first-order valence-electron chi connectivity index (χ1n) is 6.94. The van der Waals surface area contributed by atoms with E-state index in [0.717, 1.165) is 31.6 Å². The number of nitrogens with two attached hydrogens (primary N) is 1. The van der Waals surface area contributed by atoms with Gasteiger partial charge in [-0.1, -0.05) is 36.4 Å². The lowest BCUT2D eigenvalue weighted by Crippen LogP contribution is -2.24. The van der Waals surface area contributed by atoms with Crippen LogP contribution in [0.4, 0.5) is 11.4 Å². The maximum Gasteiger partial charge on any atom is 0.0366 e. The molecule has 0 amide bonds. The first-order chi connectivity index (χ1) is 9.31. The van der Waals surface area contributed by atoms with Crippen molar-refractivity contribution in [3.8, 4) is 0 Å². The van der Waals surface area contributed by atoms with Crippen molar-refractivity contribution in [1.29, 1.82) is 0 Å². The third kappa shape index (κ3) is 3.75. The van der Waals surface area contributed by atoms with Gasteiger partial charge in [0.1, 0.15) is 0 Å². The van der Waals surface area contributed by atoms with E-state index in [2.05, 4.69) is 54.3 Å². The van der Waals surface area contributed by atoms with Crippen LogP contribution in [0.3, 0.4) is 0 Å². The fourth-order valence-corrected chi connectivity index (χ4v) is 2.33. The van der Waals surface area contributed by atoms with Crippen LogP contribution in [0.2, 0.25) is 0 Å². The first kappa shape index (κ1) is 13.5. The fraction of sp³-hybridized carbons (Fsp3) is 0.294. The summed E-state index contributed by atoms with van der Waals surface area (Å²) in [6, 6.07) is 18.7. The zero-order chi connectivity index (χ0) is 13.5. The molecule has 0 atom stereocenters. The van der Waals surface area contributed by atoms with Gasteiger partial charge in [0, 0.05) is 24.5 Å². The minimum Gasteiger partial charge on any atom is -0.399 e. The quantitative estimate of drug-likeness (QED) is 0.796. The van der Waals surface area contributed by atoms with Crippen LogP contribution in [0.15, 0.2) is 54.6 Å². The van der Waals surface area contributed by atoms with Crippen LogP contribution in [-0.2, 0) is 6.42 Å². The van der Waals surface area contributed by atoms with Gasteiger partial charge in [-0.2, -0.15) is 0 Å². The molecule has 19 heavy (non-hydrogen) atoms. The predicted octanol–water partition coefficient (Wildman–Crippen LogP) is 3.73. The number of nitrogens with zero attached hydrogens (tertiary/aromatic N) is 1. The van der Waals surface area contributed by atoms with Gasteiger partial charge >= 0.3 is 0 Å². The molecule has 2 aromatic carbocycles. The maximum absolute atomic E-state index is 5.97. The van der Waals surface area contributed by atoms with Crippen molar-refractivity contribution in [3.05, 3.63) is 60.2 Å². The van der Waals surface area contributed by atoms with Crippen molar-refractivity contribution < 1.29 is 0 Å². The third-order valence-corrected chi connectivity index (χ3v) is 3.43. The summed E-state index contributed by atoms with van der Waals surface area (Å²) < 4.78 is 0. The Balaban J connectivity index is 1.89. The van der Waals surface area contributed by atoms with E-state index < -0.39 is 0 Å². The standard InChI is InChI=1S/C17H22N2/c1-2-19(16-11-4-3-5-12-16)14-8-10-15-9-6-7-13-17(15)18/h3-7,9,11-13H,2,8,10,14,18H2,1H3. The lowest BCUT2D eigenvalue weighted by atomic mass is 10.1.